The van der Waals surface area contributed by atoms with Gasteiger partial charge < -0.3 is 15.9 Å². The maximum atomic E-state index is 9.78. The third kappa shape index (κ3) is 2.93. The van der Waals surface area contributed by atoms with Crippen molar-refractivity contribution in [2.24, 2.45) is 17.6 Å². The summed E-state index contributed by atoms with van der Waals surface area (Å²) in [6.45, 7) is 2.09. The van der Waals surface area contributed by atoms with Crippen LogP contribution in [0.15, 0.2) is 0 Å². The van der Waals surface area contributed by atoms with Crippen LogP contribution in [-0.2, 0) is 0 Å². The van der Waals surface area contributed by atoms with Gasteiger partial charge in [0.15, 0.2) is 0 Å². The minimum Gasteiger partial charge on any atom is -0.395 e. The average molecular weight is 187 g/mol. The van der Waals surface area contributed by atoms with Crippen LogP contribution in [0.4, 0.5) is 0 Å². The van der Waals surface area contributed by atoms with Gasteiger partial charge in [0, 0.05) is 0 Å². The summed E-state index contributed by atoms with van der Waals surface area (Å²) in [6.07, 6.45) is 4.03. The van der Waals surface area contributed by atoms with Crippen LogP contribution in [0.5, 0.6) is 0 Å². The Morgan fingerprint density at radius 1 is 1.46 bits per heavy atom. The maximum Gasteiger partial charge on any atom is 0.0741 e. The molecule has 3 nitrogen and oxygen atoms in total. The summed E-state index contributed by atoms with van der Waals surface area (Å²) < 4.78 is 0. The number of hydrogen-bond donors (Lipinski definition) is 3. The Morgan fingerprint density at radius 2 is 2.15 bits per heavy atom. The fraction of sp³-hybridized carbons (Fsp3) is 1.00. The Bertz CT molecular complexity index is 152. The summed E-state index contributed by atoms with van der Waals surface area (Å²) in [7, 11) is 0. The molecule has 3 heteroatoms. The van der Waals surface area contributed by atoms with Crippen molar-refractivity contribution in [2.75, 3.05) is 6.61 Å². The third-order valence-corrected chi connectivity index (χ3v) is 3.11. The van der Waals surface area contributed by atoms with E-state index in [-0.39, 0.29) is 6.61 Å². The Hall–Kier alpha value is -0.120. The molecule has 0 aliphatic heterocycles. The van der Waals surface area contributed by atoms with Gasteiger partial charge in [-0.25, -0.2) is 0 Å². The topological polar surface area (TPSA) is 66.5 Å². The second-order valence-electron chi connectivity index (χ2n) is 4.37. The quantitative estimate of drug-likeness (QED) is 0.602. The van der Waals surface area contributed by atoms with Crippen molar-refractivity contribution in [3.05, 3.63) is 0 Å². The van der Waals surface area contributed by atoms with E-state index in [0.717, 1.165) is 12.8 Å². The molecule has 0 spiro atoms. The van der Waals surface area contributed by atoms with Gasteiger partial charge >= 0.3 is 0 Å². The molecule has 1 aliphatic carbocycles. The van der Waals surface area contributed by atoms with Crippen molar-refractivity contribution in [2.45, 2.75) is 44.8 Å². The molecule has 4 atom stereocenters. The van der Waals surface area contributed by atoms with E-state index in [0.29, 0.717) is 11.8 Å². The zero-order valence-electron chi connectivity index (χ0n) is 8.32. The van der Waals surface area contributed by atoms with Crippen molar-refractivity contribution in [1.29, 1.82) is 0 Å². The van der Waals surface area contributed by atoms with E-state index in [1.54, 1.807) is 0 Å². The van der Waals surface area contributed by atoms with E-state index < -0.39 is 12.1 Å². The predicted octanol–water partition coefficient (Wildman–Crippen LogP) is 0.493. The highest BCUT2D eigenvalue weighted by atomic mass is 16.3. The Morgan fingerprint density at radius 3 is 2.69 bits per heavy atom. The van der Waals surface area contributed by atoms with Crippen molar-refractivity contribution >= 4 is 0 Å². The molecule has 0 aromatic heterocycles. The second kappa shape index (κ2) is 4.94. The van der Waals surface area contributed by atoms with Crippen LogP contribution in [0, 0.1) is 11.8 Å². The summed E-state index contributed by atoms with van der Waals surface area (Å²) >= 11 is 0. The molecular weight excluding hydrogens is 166 g/mol. The van der Waals surface area contributed by atoms with Crippen molar-refractivity contribution in [1.82, 2.24) is 0 Å². The summed E-state index contributed by atoms with van der Waals surface area (Å²) in [5.74, 6) is 0.991. The lowest BCUT2D eigenvalue weighted by atomic mass is 9.78. The van der Waals surface area contributed by atoms with Gasteiger partial charge in [0.1, 0.15) is 0 Å². The van der Waals surface area contributed by atoms with Crippen LogP contribution in [0.25, 0.3) is 0 Å². The van der Waals surface area contributed by atoms with Gasteiger partial charge in [0.25, 0.3) is 0 Å². The summed E-state index contributed by atoms with van der Waals surface area (Å²) in [5.41, 5.74) is 5.59. The first-order valence-electron chi connectivity index (χ1n) is 5.19. The molecule has 0 unspecified atom stereocenters. The minimum atomic E-state index is -0.521. The molecule has 1 aliphatic rings. The summed E-state index contributed by atoms with van der Waals surface area (Å²) in [4.78, 5) is 0. The van der Waals surface area contributed by atoms with Crippen LogP contribution in [0.3, 0.4) is 0 Å². The molecule has 0 amide bonds. The van der Waals surface area contributed by atoms with E-state index in [2.05, 4.69) is 6.92 Å². The monoisotopic (exact) mass is 187 g/mol. The van der Waals surface area contributed by atoms with Gasteiger partial charge in [0.2, 0.25) is 0 Å². The predicted molar refractivity (Wildman–Crippen MR) is 52.2 cm³/mol. The van der Waals surface area contributed by atoms with E-state index >= 15 is 0 Å². The number of rotatable bonds is 3. The number of hydrogen-bond acceptors (Lipinski definition) is 3. The second-order valence-corrected chi connectivity index (χ2v) is 4.37. The van der Waals surface area contributed by atoms with Gasteiger partial charge in [-0.15, -0.1) is 0 Å². The molecule has 78 valence electrons. The van der Waals surface area contributed by atoms with Gasteiger partial charge in [-0.05, 0) is 24.7 Å². The smallest absolute Gasteiger partial charge is 0.0741 e. The zero-order valence-corrected chi connectivity index (χ0v) is 8.32. The minimum absolute atomic E-state index is 0.119. The lowest BCUT2D eigenvalue weighted by molar-refractivity contribution is 0.0337. The lowest BCUT2D eigenvalue weighted by Gasteiger charge is -2.32. The van der Waals surface area contributed by atoms with Crippen molar-refractivity contribution < 1.29 is 10.2 Å². The number of aliphatic hydroxyl groups is 2. The largest absolute Gasteiger partial charge is 0.395 e. The fourth-order valence-electron chi connectivity index (χ4n) is 2.25. The van der Waals surface area contributed by atoms with Gasteiger partial charge in [-0.2, -0.15) is 0 Å². The molecule has 0 saturated heterocycles. The molecular formula is C10H21NO2. The SMILES string of the molecule is C[C@@H]1CCC[C@H]([C@@H](O)[C@@H](N)CO)C1. The van der Waals surface area contributed by atoms with E-state index in [4.69, 9.17) is 10.8 Å². The molecule has 4 N–H and O–H groups in total. The number of aliphatic hydroxyl groups excluding tert-OH is 2. The fourth-order valence-corrected chi connectivity index (χ4v) is 2.25. The van der Waals surface area contributed by atoms with E-state index in [1.807, 2.05) is 0 Å². The molecule has 13 heavy (non-hydrogen) atoms. The van der Waals surface area contributed by atoms with Gasteiger partial charge in [-0.3, -0.25) is 0 Å². The summed E-state index contributed by atoms with van der Waals surface area (Å²) in [5, 5.41) is 18.6. The van der Waals surface area contributed by atoms with Crippen molar-refractivity contribution in [3.63, 3.8) is 0 Å². The highest BCUT2D eigenvalue weighted by molar-refractivity contribution is 4.82. The maximum absolute atomic E-state index is 9.78. The molecule has 0 aromatic carbocycles. The first kappa shape index (κ1) is 11.0. The first-order valence-corrected chi connectivity index (χ1v) is 5.19. The molecule has 0 aromatic rings. The Labute approximate surface area is 79.9 Å². The molecule has 1 rings (SSSR count). The van der Waals surface area contributed by atoms with Crippen LogP contribution < -0.4 is 5.73 Å². The molecule has 1 saturated carbocycles. The van der Waals surface area contributed by atoms with Gasteiger partial charge in [0.05, 0.1) is 18.8 Å². The van der Waals surface area contributed by atoms with Crippen LogP contribution in [0.2, 0.25) is 0 Å². The van der Waals surface area contributed by atoms with E-state index in [1.165, 1.54) is 12.8 Å². The van der Waals surface area contributed by atoms with Crippen molar-refractivity contribution in [3.8, 4) is 0 Å². The molecule has 0 bridgehead atoms. The van der Waals surface area contributed by atoms with Crippen LogP contribution in [0.1, 0.15) is 32.6 Å². The zero-order chi connectivity index (χ0) is 9.84. The highest BCUT2D eigenvalue weighted by Gasteiger charge is 2.28. The Balaban J connectivity index is 2.41. The lowest BCUT2D eigenvalue weighted by Crippen LogP contribution is -2.43. The van der Waals surface area contributed by atoms with Gasteiger partial charge in [-0.1, -0.05) is 19.8 Å². The average Bonchev–Trinajstić information content (AvgIpc) is 2.15. The molecule has 1 fully saturated rings. The summed E-state index contributed by atoms with van der Waals surface area (Å²) in [6, 6.07) is -0.463. The normalized spacial score (nSPS) is 34.2. The van der Waals surface area contributed by atoms with Crippen LogP contribution >= 0.6 is 0 Å². The highest BCUT2D eigenvalue weighted by Crippen LogP contribution is 2.31. The van der Waals surface area contributed by atoms with E-state index in [9.17, 15) is 5.11 Å². The Kier molecular flexibility index (Phi) is 4.16. The third-order valence-electron chi connectivity index (χ3n) is 3.11. The first-order chi connectivity index (χ1) is 6.15. The number of nitrogens with two attached hydrogens (primary N) is 1. The molecule has 0 radical (unpaired) electrons. The molecule has 0 heterocycles. The standard InChI is InChI=1S/C10H21NO2/c1-7-3-2-4-8(5-7)10(13)9(11)6-12/h7-10,12-13H,2-6,11H2,1H3/t7-,8+,9+,10-/m1/s1. The van der Waals surface area contributed by atoms with Crippen LogP contribution in [-0.4, -0.2) is 29.0 Å².